The van der Waals surface area contributed by atoms with E-state index in [1.54, 1.807) is 24.3 Å². The van der Waals surface area contributed by atoms with Crippen LogP contribution in [0.5, 0.6) is 0 Å². The molecule has 0 aromatic heterocycles. The average Bonchev–Trinajstić information content (AvgIpc) is 2.66. The Morgan fingerprint density at radius 2 is 2.06 bits per heavy atom. The highest BCUT2D eigenvalue weighted by Crippen LogP contribution is 2.41. The monoisotopic (exact) mass is 265 g/mol. The van der Waals surface area contributed by atoms with Crippen LogP contribution in [0.3, 0.4) is 0 Å². The number of thioether (sulfide) groups is 1. The smallest absolute Gasteiger partial charge is 0.128 e. The first-order chi connectivity index (χ1) is 8.17. The second kappa shape index (κ2) is 4.78. The van der Waals surface area contributed by atoms with Gasteiger partial charge in [0.25, 0.3) is 0 Å². The van der Waals surface area contributed by atoms with Crippen LogP contribution in [0, 0.1) is 22.7 Å². The topological polar surface area (TPSA) is 80.2 Å². The summed E-state index contributed by atoms with van der Waals surface area (Å²) in [5.41, 5.74) is 0.823. The van der Waals surface area contributed by atoms with Gasteiger partial charge in [0, 0.05) is 5.02 Å². The van der Waals surface area contributed by atoms with E-state index in [2.05, 4.69) is 11.2 Å². The number of hydrogen-bond donors (Lipinski definition) is 2. The standard InChI is InChI=1S/C11H8ClN3OS/c12-7-3-1-6(2-4-7)9-8(5-13)10(14)17-11(9)15-16/h1-4,8-9,14,16H/b14-10?,15-11+/t8-,9+/m1/s1. The average molecular weight is 266 g/mol. The summed E-state index contributed by atoms with van der Waals surface area (Å²) in [7, 11) is 0. The number of nitrogens with zero attached hydrogens (tertiary/aromatic N) is 2. The molecule has 0 bridgehead atoms. The largest absolute Gasteiger partial charge is 0.410 e. The maximum absolute atomic E-state index is 9.07. The highest BCUT2D eigenvalue weighted by Gasteiger charge is 2.40. The lowest BCUT2D eigenvalue weighted by atomic mass is 9.89. The van der Waals surface area contributed by atoms with E-state index in [0.29, 0.717) is 10.1 Å². The van der Waals surface area contributed by atoms with Crippen molar-refractivity contribution in [1.82, 2.24) is 0 Å². The summed E-state index contributed by atoms with van der Waals surface area (Å²) in [5, 5.41) is 30.0. The molecule has 86 valence electrons. The van der Waals surface area contributed by atoms with E-state index >= 15 is 0 Å². The Labute approximate surface area is 107 Å². The molecule has 0 radical (unpaired) electrons. The van der Waals surface area contributed by atoms with Crippen LogP contribution in [0.15, 0.2) is 29.4 Å². The van der Waals surface area contributed by atoms with Gasteiger partial charge >= 0.3 is 0 Å². The normalized spacial score (nSPS) is 26.1. The van der Waals surface area contributed by atoms with E-state index in [-0.39, 0.29) is 11.0 Å². The third-order valence-electron chi connectivity index (χ3n) is 2.56. The molecule has 1 aliphatic rings. The molecule has 0 aliphatic carbocycles. The van der Waals surface area contributed by atoms with E-state index in [9.17, 15) is 0 Å². The minimum Gasteiger partial charge on any atom is -0.410 e. The van der Waals surface area contributed by atoms with Gasteiger partial charge in [0.15, 0.2) is 0 Å². The van der Waals surface area contributed by atoms with Gasteiger partial charge in [-0.05, 0) is 17.7 Å². The fourth-order valence-corrected chi connectivity index (χ4v) is 2.86. The van der Waals surface area contributed by atoms with Crippen molar-refractivity contribution in [3.8, 4) is 6.07 Å². The highest BCUT2D eigenvalue weighted by molar-refractivity contribution is 8.27. The molecular formula is C11H8ClN3OS. The third-order valence-corrected chi connectivity index (χ3v) is 3.83. The van der Waals surface area contributed by atoms with Crippen LogP contribution in [0.1, 0.15) is 11.5 Å². The minimum absolute atomic E-state index is 0.209. The summed E-state index contributed by atoms with van der Waals surface area (Å²) in [6, 6.07) is 9.06. The molecule has 1 heterocycles. The van der Waals surface area contributed by atoms with Gasteiger partial charge in [0.1, 0.15) is 11.0 Å². The molecule has 0 amide bonds. The zero-order valence-corrected chi connectivity index (χ0v) is 10.2. The molecule has 6 heteroatoms. The molecule has 0 unspecified atom stereocenters. The van der Waals surface area contributed by atoms with Crippen molar-refractivity contribution in [2.45, 2.75) is 5.92 Å². The molecule has 2 atom stereocenters. The molecule has 1 aromatic carbocycles. The molecule has 1 aliphatic heterocycles. The Kier molecular flexibility index (Phi) is 3.36. The fraction of sp³-hybridized carbons (Fsp3) is 0.182. The minimum atomic E-state index is -0.591. The summed E-state index contributed by atoms with van der Waals surface area (Å²) in [6.07, 6.45) is 0. The zero-order chi connectivity index (χ0) is 12.4. The number of rotatable bonds is 1. The Morgan fingerprint density at radius 1 is 1.41 bits per heavy atom. The van der Waals surface area contributed by atoms with E-state index in [1.165, 1.54) is 0 Å². The second-order valence-corrected chi connectivity index (χ2v) is 5.04. The van der Waals surface area contributed by atoms with Gasteiger partial charge in [-0.3, -0.25) is 5.41 Å². The quantitative estimate of drug-likeness (QED) is 0.605. The summed E-state index contributed by atoms with van der Waals surface area (Å²) >= 11 is 6.83. The Hall–Kier alpha value is -1.51. The lowest BCUT2D eigenvalue weighted by molar-refractivity contribution is 0.318. The van der Waals surface area contributed by atoms with Gasteiger partial charge in [0.05, 0.1) is 17.0 Å². The summed E-state index contributed by atoms with van der Waals surface area (Å²) < 4.78 is 0. The highest BCUT2D eigenvalue weighted by atomic mass is 35.5. The van der Waals surface area contributed by atoms with Crippen molar-refractivity contribution in [3.05, 3.63) is 34.9 Å². The summed E-state index contributed by atoms with van der Waals surface area (Å²) in [4.78, 5) is 0. The number of halogens is 1. The van der Waals surface area contributed by atoms with Crippen LogP contribution < -0.4 is 0 Å². The SMILES string of the molecule is N#C[C@H]1C(=N)S/C(=N/O)[C@H]1c1ccc(Cl)cc1. The first kappa shape index (κ1) is 12.0. The van der Waals surface area contributed by atoms with Crippen molar-refractivity contribution in [2.24, 2.45) is 11.1 Å². The van der Waals surface area contributed by atoms with Crippen molar-refractivity contribution in [2.75, 3.05) is 0 Å². The van der Waals surface area contributed by atoms with E-state index in [1.807, 2.05) is 0 Å². The van der Waals surface area contributed by atoms with Gasteiger partial charge in [-0.1, -0.05) is 40.7 Å². The van der Waals surface area contributed by atoms with Crippen molar-refractivity contribution >= 4 is 33.5 Å². The molecule has 1 aromatic rings. The lowest BCUT2D eigenvalue weighted by Gasteiger charge is -2.12. The fourth-order valence-electron chi connectivity index (χ4n) is 1.75. The van der Waals surface area contributed by atoms with Crippen molar-refractivity contribution < 1.29 is 5.21 Å². The second-order valence-electron chi connectivity index (χ2n) is 3.54. The Balaban J connectivity index is 2.44. The van der Waals surface area contributed by atoms with Crippen molar-refractivity contribution in [1.29, 1.82) is 10.7 Å². The van der Waals surface area contributed by atoms with Crippen LogP contribution in [-0.4, -0.2) is 15.3 Å². The molecular weight excluding hydrogens is 258 g/mol. The third kappa shape index (κ3) is 2.14. The van der Waals surface area contributed by atoms with Crippen LogP contribution in [0.25, 0.3) is 0 Å². The molecule has 4 nitrogen and oxygen atoms in total. The Bertz CT molecular complexity index is 521. The number of nitrogens with one attached hydrogen (secondary N) is 1. The van der Waals surface area contributed by atoms with Crippen molar-refractivity contribution in [3.63, 3.8) is 0 Å². The van der Waals surface area contributed by atoms with E-state index in [0.717, 1.165) is 17.3 Å². The zero-order valence-electron chi connectivity index (χ0n) is 8.59. The predicted molar refractivity (Wildman–Crippen MR) is 67.8 cm³/mol. The summed E-state index contributed by atoms with van der Waals surface area (Å²) in [5.74, 6) is -0.966. The van der Waals surface area contributed by atoms with Gasteiger partial charge in [0.2, 0.25) is 0 Å². The van der Waals surface area contributed by atoms with Crippen LogP contribution in [0.4, 0.5) is 0 Å². The molecule has 2 N–H and O–H groups in total. The number of benzene rings is 1. The predicted octanol–water partition coefficient (Wildman–Crippen LogP) is 3.08. The first-order valence-corrected chi connectivity index (χ1v) is 6.00. The molecule has 2 rings (SSSR count). The van der Waals surface area contributed by atoms with Gasteiger partial charge < -0.3 is 5.21 Å². The number of oxime groups is 1. The maximum atomic E-state index is 9.07. The molecule has 0 spiro atoms. The molecule has 1 fully saturated rings. The van der Waals surface area contributed by atoms with Crippen LogP contribution >= 0.6 is 23.4 Å². The summed E-state index contributed by atoms with van der Waals surface area (Å²) in [6.45, 7) is 0. The maximum Gasteiger partial charge on any atom is 0.128 e. The van der Waals surface area contributed by atoms with Crippen LogP contribution in [-0.2, 0) is 0 Å². The van der Waals surface area contributed by atoms with Gasteiger partial charge in [-0.2, -0.15) is 5.26 Å². The lowest BCUT2D eigenvalue weighted by Crippen LogP contribution is -2.13. The van der Waals surface area contributed by atoms with E-state index < -0.39 is 5.92 Å². The van der Waals surface area contributed by atoms with Gasteiger partial charge in [-0.25, -0.2) is 0 Å². The van der Waals surface area contributed by atoms with Gasteiger partial charge in [-0.15, -0.1) is 0 Å². The van der Waals surface area contributed by atoms with Crippen LogP contribution in [0.2, 0.25) is 5.02 Å². The first-order valence-electron chi connectivity index (χ1n) is 4.80. The molecule has 0 saturated carbocycles. The molecule has 17 heavy (non-hydrogen) atoms. The molecule has 1 saturated heterocycles. The number of nitriles is 1. The Morgan fingerprint density at radius 3 is 2.59 bits per heavy atom. The number of hydrogen-bond acceptors (Lipinski definition) is 5. The van der Waals surface area contributed by atoms with E-state index in [4.69, 9.17) is 27.5 Å².